The number of halogens is 2. The van der Waals surface area contributed by atoms with Gasteiger partial charge < -0.3 is 10.7 Å². The van der Waals surface area contributed by atoms with E-state index in [2.05, 4.69) is 15.9 Å². The van der Waals surface area contributed by atoms with E-state index in [9.17, 15) is 18.4 Å². The highest BCUT2D eigenvalue weighted by atomic mass is 79.9. The number of rotatable bonds is 7. The highest BCUT2D eigenvalue weighted by Gasteiger charge is 2.25. The van der Waals surface area contributed by atoms with Gasteiger partial charge in [-0.3, -0.25) is 4.79 Å². The van der Waals surface area contributed by atoms with E-state index in [1.165, 1.54) is 34.1 Å². The van der Waals surface area contributed by atoms with E-state index >= 15 is 0 Å². The minimum Gasteiger partial charge on any atom is -0.759 e. The highest BCUT2D eigenvalue weighted by Crippen LogP contribution is 2.24. The largest absolute Gasteiger partial charge is 0.759 e. The molecular formula is C21H17BrClN2O4S-. The van der Waals surface area contributed by atoms with Gasteiger partial charge in [0, 0.05) is 28.1 Å². The summed E-state index contributed by atoms with van der Waals surface area (Å²) in [5, 5.41) is 10.9. The van der Waals surface area contributed by atoms with Crippen LogP contribution in [-0.4, -0.2) is 18.6 Å². The fourth-order valence-corrected chi connectivity index (χ4v) is 5.03. The van der Waals surface area contributed by atoms with Crippen molar-refractivity contribution in [2.75, 3.05) is 0 Å². The van der Waals surface area contributed by atoms with Crippen molar-refractivity contribution in [2.45, 2.75) is 18.0 Å². The maximum Gasteiger partial charge on any atom is 0.243 e. The number of hydrogen-bond acceptors (Lipinski definition) is 4. The van der Waals surface area contributed by atoms with Gasteiger partial charge in [-0.05, 0) is 53.6 Å². The summed E-state index contributed by atoms with van der Waals surface area (Å²) >= 11 is 9.41. The fraction of sp³-hybridized carbons (Fsp3) is 0.0952. The van der Waals surface area contributed by atoms with Crippen molar-refractivity contribution in [2.24, 2.45) is 0 Å². The molecule has 0 atom stereocenters. The number of hydrogen-bond donors (Lipinski definition) is 1. The summed E-state index contributed by atoms with van der Waals surface area (Å²) in [6.45, 7) is 0.206. The van der Waals surface area contributed by atoms with Crippen LogP contribution in [0.4, 0.5) is 0 Å². The first-order valence-electron chi connectivity index (χ1n) is 8.81. The van der Waals surface area contributed by atoms with Crippen LogP contribution < -0.4 is 5.48 Å². The number of carbonyl (C=O) groups is 1. The Morgan fingerprint density at radius 1 is 0.967 bits per heavy atom. The van der Waals surface area contributed by atoms with E-state index in [4.69, 9.17) is 11.6 Å². The minimum atomic E-state index is -3.86. The molecule has 0 fully saturated rings. The second-order valence-electron chi connectivity index (χ2n) is 6.49. The number of sulfonamides is 1. The number of nitrogens with one attached hydrogen (secondary N) is 1. The van der Waals surface area contributed by atoms with Gasteiger partial charge in [0.15, 0.2) is 0 Å². The summed E-state index contributed by atoms with van der Waals surface area (Å²) in [6, 6.07) is 19.7. The number of nitrogens with zero attached hydrogens (tertiary/aromatic N) is 1. The number of carbonyl (C=O) groups excluding carboxylic acids is 1. The molecule has 6 nitrogen and oxygen atoms in total. The second-order valence-corrected chi connectivity index (χ2v) is 9.78. The molecule has 156 valence electrons. The third-order valence-corrected chi connectivity index (χ3v) is 6.87. The molecule has 1 amide bonds. The van der Waals surface area contributed by atoms with Crippen LogP contribution in [0, 0.1) is 5.21 Å². The summed E-state index contributed by atoms with van der Waals surface area (Å²) in [7, 11) is -3.86. The first-order valence-corrected chi connectivity index (χ1v) is 11.4. The Morgan fingerprint density at radius 2 is 1.63 bits per heavy atom. The third-order valence-electron chi connectivity index (χ3n) is 4.35. The van der Waals surface area contributed by atoms with Crippen molar-refractivity contribution in [1.29, 1.82) is 0 Å². The van der Waals surface area contributed by atoms with Crippen LogP contribution in [0.15, 0.2) is 82.2 Å². The maximum absolute atomic E-state index is 13.3. The van der Waals surface area contributed by atoms with E-state index in [0.29, 0.717) is 10.6 Å². The zero-order valence-corrected chi connectivity index (χ0v) is 18.7. The van der Waals surface area contributed by atoms with Crippen molar-refractivity contribution < 1.29 is 13.2 Å². The summed E-state index contributed by atoms with van der Waals surface area (Å²) in [4.78, 5) is 11.5. The van der Waals surface area contributed by atoms with Crippen molar-refractivity contribution in [3.05, 3.63) is 104 Å². The van der Waals surface area contributed by atoms with Gasteiger partial charge in [0.1, 0.15) is 0 Å². The molecular weight excluding hydrogens is 492 g/mol. The standard InChI is InChI=1S/C21H17BrClN2O4S/c22-18-4-1-3-16(11-18)14-25(30(28,29)20-6-2-5-19(23)12-20)13-15-7-9-17(10-8-15)21(26)24-27/h1-12H,13-14H2,(H-,24,26,27)/q-1. The number of hydroxylamine groups is 1. The quantitative estimate of drug-likeness (QED) is 0.468. The van der Waals surface area contributed by atoms with Crippen LogP contribution >= 0.6 is 27.5 Å². The number of benzene rings is 3. The fourth-order valence-electron chi connectivity index (χ4n) is 2.87. The van der Waals surface area contributed by atoms with Crippen LogP contribution in [-0.2, 0) is 23.1 Å². The molecule has 0 aliphatic carbocycles. The van der Waals surface area contributed by atoms with Crippen LogP contribution in [0.25, 0.3) is 0 Å². The lowest BCUT2D eigenvalue weighted by atomic mass is 10.1. The lowest BCUT2D eigenvalue weighted by Gasteiger charge is -2.23. The van der Waals surface area contributed by atoms with Gasteiger partial charge in [-0.1, -0.05) is 57.9 Å². The Labute approximate surface area is 188 Å². The summed E-state index contributed by atoms with van der Waals surface area (Å²) in [5.74, 6) is -0.751. The molecule has 0 saturated carbocycles. The normalized spacial score (nSPS) is 11.5. The maximum atomic E-state index is 13.3. The Kier molecular flexibility index (Phi) is 7.27. The van der Waals surface area contributed by atoms with Gasteiger partial charge in [-0.15, -0.1) is 0 Å². The topological polar surface area (TPSA) is 89.5 Å². The first kappa shape index (κ1) is 22.5. The zero-order chi connectivity index (χ0) is 21.7. The molecule has 0 aromatic heterocycles. The Hall–Kier alpha value is -2.23. The lowest BCUT2D eigenvalue weighted by Crippen LogP contribution is -2.30. The molecule has 3 rings (SSSR count). The Morgan fingerprint density at radius 3 is 2.27 bits per heavy atom. The predicted octanol–water partition coefficient (Wildman–Crippen LogP) is 4.72. The molecule has 3 aromatic rings. The monoisotopic (exact) mass is 507 g/mol. The van der Waals surface area contributed by atoms with Crippen molar-refractivity contribution in [1.82, 2.24) is 9.79 Å². The van der Waals surface area contributed by atoms with Gasteiger partial charge in [0.25, 0.3) is 0 Å². The van der Waals surface area contributed by atoms with E-state index < -0.39 is 15.9 Å². The highest BCUT2D eigenvalue weighted by molar-refractivity contribution is 9.10. The van der Waals surface area contributed by atoms with Crippen molar-refractivity contribution in [3.63, 3.8) is 0 Å². The molecule has 0 spiro atoms. The van der Waals surface area contributed by atoms with Crippen LogP contribution in [0.1, 0.15) is 21.5 Å². The molecule has 0 heterocycles. The average Bonchev–Trinajstić information content (AvgIpc) is 2.73. The van der Waals surface area contributed by atoms with E-state index in [1.807, 2.05) is 24.3 Å². The molecule has 0 bridgehead atoms. The Balaban J connectivity index is 1.96. The molecule has 0 saturated heterocycles. The van der Waals surface area contributed by atoms with Crippen LogP contribution in [0.2, 0.25) is 5.02 Å². The average molecular weight is 509 g/mol. The third kappa shape index (κ3) is 5.47. The minimum absolute atomic E-state index is 0.0701. The predicted molar refractivity (Wildman–Crippen MR) is 119 cm³/mol. The van der Waals surface area contributed by atoms with Crippen molar-refractivity contribution in [3.8, 4) is 0 Å². The Bertz CT molecular complexity index is 1150. The lowest BCUT2D eigenvalue weighted by molar-refractivity contribution is 0.0970. The second kappa shape index (κ2) is 9.72. The van der Waals surface area contributed by atoms with Crippen LogP contribution in [0.3, 0.4) is 0 Å². The molecule has 9 heteroatoms. The first-order chi connectivity index (χ1) is 14.3. The molecule has 1 N–H and O–H groups in total. The molecule has 0 unspecified atom stereocenters. The molecule has 3 aromatic carbocycles. The summed E-state index contributed by atoms with van der Waals surface area (Å²) in [6.07, 6.45) is 0. The van der Waals surface area contributed by atoms with Crippen molar-refractivity contribution >= 4 is 43.5 Å². The molecule has 30 heavy (non-hydrogen) atoms. The van der Waals surface area contributed by atoms with Gasteiger partial charge in [-0.25, -0.2) is 8.42 Å². The van der Waals surface area contributed by atoms with Gasteiger partial charge in [-0.2, -0.15) is 4.31 Å². The SMILES string of the molecule is O=C(N[O-])c1ccc(CN(Cc2cccc(Br)c2)S(=O)(=O)c2cccc(Cl)c2)cc1. The van der Waals surface area contributed by atoms with Gasteiger partial charge in [0.2, 0.25) is 15.9 Å². The molecule has 0 radical (unpaired) electrons. The van der Waals surface area contributed by atoms with E-state index in [0.717, 1.165) is 10.0 Å². The van der Waals surface area contributed by atoms with Gasteiger partial charge in [0.05, 0.1) is 4.90 Å². The summed E-state index contributed by atoms with van der Waals surface area (Å²) < 4.78 is 28.9. The smallest absolute Gasteiger partial charge is 0.243 e. The van der Waals surface area contributed by atoms with Crippen LogP contribution in [0.5, 0.6) is 0 Å². The van der Waals surface area contributed by atoms with Gasteiger partial charge >= 0.3 is 0 Å². The zero-order valence-electron chi connectivity index (χ0n) is 15.6. The number of amides is 1. The molecule has 0 aliphatic rings. The molecule has 0 aliphatic heterocycles. The summed E-state index contributed by atoms with van der Waals surface area (Å²) in [5.41, 5.74) is 2.99. The van der Waals surface area contributed by atoms with E-state index in [-0.39, 0.29) is 23.5 Å². The van der Waals surface area contributed by atoms with E-state index in [1.54, 1.807) is 24.3 Å².